The molecule has 0 aliphatic carbocycles. The van der Waals surface area contributed by atoms with E-state index in [1.165, 1.54) is 12.1 Å². The molecule has 0 aliphatic heterocycles. The molecular formula is C17H12F3N3O2S. The van der Waals surface area contributed by atoms with E-state index in [-0.39, 0.29) is 10.4 Å². The number of nitrogens with zero attached hydrogens (tertiary/aromatic N) is 1. The summed E-state index contributed by atoms with van der Waals surface area (Å²) in [5.74, 6) is -1.51. The van der Waals surface area contributed by atoms with Gasteiger partial charge in [-0.3, -0.25) is 9.59 Å². The number of ketones is 1. The van der Waals surface area contributed by atoms with E-state index in [4.69, 9.17) is 0 Å². The number of aromatic amines is 1. The highest BCUT2D eigenvalue weighted by atomic mass is 32.1. The Morgan fingerprint density at radius 2 is 1.96 bits per heavy atom. The van der Waals surface area contributed by atoms with Crippen molar-refractivity contribution in [3.05, 3.63) is 58.4 Å². The van der Waals surface area contributed by atoms with Crippen molar-refractivity contribution in [2.24, 2.45) is 5.10 Å². The Labute approximate surface area is 149 Å². The second-order valence-electron chi connectivity index (χ2n) is 5.32. The summed E-state index contributed by atoms with van der Waals surface area (Å²) >= 11 is 1.04. The Bertz CT molecular complexity index is 975. The quantitative estimate of drug-likeness (QED) is 0.397. The van der Waals surface area contributed by atoms with Gasteiger partial charge in [0.2, 0.25) is 0 Å². The van der Waals surface area contributed by atoms with Crippen LogP contribution >= 0.6 is 11.3 Å². The predicted molar refractivity (Wildman–Crippen MR) is 92.5 cm³/mol. The molecule has 1 amide bonds. The summed E-state index contributed by atoms with van der Waals surface area (Å²) in [6, 6.07) is 9.57. The molecule has 0 spiro atoms. The zero-order chi connectivity index (χ0) is 18.7. The first-order chi connectivity index (χ1) is 12.4. The van der Waals surface area contributed by atoms with Gasteiger partial charge < -0.3 is 4.98 Å². The number of para-hydroxylation sites is 1. The van der Waals surface area contributed by atoms with Crippen molar-refractivity contribution in [1.29, 1.82) is 0 Å². The first kappa shape index (κ1) is 17.9. The van der Waals surface area contributed by atoms with Crippen molar-refractivity contribution in [3.63, 3.8) is 0 Å². The minimum atomic E-state index is -4.83. The Hall–Kier alpha value is -2.94. The molecule has 26 heavy (non-hydrogen) atoms. The first-order valence-corrected chi connectivity index (χ1v) is 8.31. The number of alkyl halides is 3. The van der Waals surface area contributed by atoms with Crippen LogP contribution in [0.5, 0.6) is 0 Å². The average Bonchev–Trinajstić information content (AvgIpc) is 3.27. The summed E-state index contributed by atoms with van der Waals surface area (Å²) in [6.45, 7) is 0. The van der Waals surface area contributed by atoms with Crippen LogP contribution in [-0.4, -0.2) is 28.6 Å². The standard InChI is InChI=1S/C17H12F3N3O2S/c18-17(19,20)14(9-12(24)13-5-2-8-26-13)22-23-16(25)11-4-1-3-10-6-7-21-15(10)11/h1-8,21H,9H2,(H,23,25)/b22-14-. The number of fused-ring (bicyclic) bond motifs is 1. The Morgan fingerprint density at radius 3 is 2.65 bits per heavy atom. The Morgan fingerprint density at radius 1 is 1.15 bits per heavy atom. The zero-order valence-corrected chi connectivity index (χ0v) is 13.9. The van der Waals surface area contributed by atoms with Gasteiger partial charge in [0, 0.05) is 11.6 Å². The van der Waals surface area contributed by atoms with Crippen LogP contribution in [0.2, 0.25) is 0 Å². The maximum atomic E-state index is 13.1. The molecule has 0 unspecified atom stereocenters. The molecular weight excluding hydrogens is 367 g/mol. The number of thiophene rings is 1. The molecule has 0 saturated heterocycles. The van der Waals surface area contributed by atoms with Crippen molar-refractivity contribution < 1.29 is 22.8 Å². The number of rotatable bonds is 5. The minimum absolute atomic E-state index is 0.155. The molecule has 0 atom stereocenters. The molecule has 0 radical (unpaired) electrons. The number of benzene rings is 1. The minimum Gasteiger partial charge on any atom is -0.361 e. The van der Waals surface area contributed by atoms with Crippen molar-refractivity contribution in [3.8, 4) is 0 Å². The molecule has 9 heteroatoms. The van der Waals surface area contributed by atoms with E-state index < -0.39 is 30.0 Å². The number of hydrogen-bond donors (Lipinski definition) is 2. The van der Waals surface area contributed by atoms with E-state index in [0.29, 0.717) is 5.52 Å². The molecule has 134 valence electrons. The van der Waals surface area contributed by atoms with Crippen molar-refractivity contribution >= 4 is 39.6 Å². The lowest BCUT2D eigenvalue weighted by molar-refractivity contribution is -0.0605. The topological polar surface area (TPSA) is 74.3 Å². The smallest absolute Gasteiger partial charge is 0.361 e. The number of amides is 1. The summed E-state index contributed by atoms with van der Waals surface area (Å²) in [6.07, 6.45) is -4.17. The lowest BCUT2D eigenvalue weighted by Crippen LogP contribution is -2.30. The number of nitrogens with one attached hydrogen (secondary N) is 2. The molecule has 5 nitrogen and oxygen atoms in total. The van der Waals surface area contributed by atoms with Crippen LogP contribution in [0.4, 0.5) is 13.2 Å². The fraction of sp³-hybridized carbons (Fsp3) is 0.118. The third-order valence-corrected chi connectivity index (χ3v) is 4.49. The van der Waals surface area contributed by atoms with Crippen molar-refractivity contribution in [2.45, 2.75) is 12.6 Å². The SMILES string of the molecule is O=C(C/C(=N/NC(=O)c1cccc2cc[nH]c12)C(F)(F)F)c1cccs1. The molecule has 0 fully saturated rings. The highest BCUT2D eigenvalue weighted by Gasteiger charge is 2.37. The number of carbonyl (C=O) groups excluding carboxylic acids is 2. The van der Waals surface area contributed by atoms with E-state index in [1.807, 2.05) is 5.43 Å². The van der Waals surface area contributed by atoms with Gasteiger partial charge in [0.1, 0.15) is 5.71 Å². The van der Waals surface area contributed by atoms with E-state index in [9.17, 15) is 22.8 Å². The van der Waals surface area contributed by atoms with E-state index in [2.05, 4.69) is 10.1 Å². The van der Waals surface area contributed by atoms with Gasteiger partial charge in [0.05, 0.1) is 22.4 Å². The zero-order valence-electron chi connectivity index (χ0n) is 13.1. The third-order valence-electron chi connectivity index (χ3n) is 3.58. The molecule has 0 saturated carbocycles. The predicted octanol–water partition coefficient (Wildman–Crippen LogP) is 4.15. The first-order valence-electron chi connectivity index (χ1n) is 7.43. The fourth-order valence-corrected chi connectivity index (χ4v) is 3.00. The van der Waals surface area contributed by atoms with Crippen molar-refractivity contribution in [1.82, 2.24) is 10.4 Å². The normalized spacial score (nSPS) is 12.3. The highest BCUT2D eigenvalue weighted by molar-refractivity contribution is 7.12. The maximum Gasteiger partial charge on any atom is 0.431 e. The number of hydrazone groups is 1. The van der Waals surface area contributed by atoms with Gasteiger partial charge in [-0.05, 0) is 23.6 Å². The van der Waals surface area contributed by atoms with Crippen LogP contribution in [0.15, 0.2) is 53.1 Å². The Kier molecular flexibility index (Phi) is 4.90. The summed E-state index contributed by atoms with van der Waals surface area (Å²) < 4.78 is 39.4. The fourth-order valence-electron chi connectivity index (χ4n) is 2.33. The molecule has 2 heterocycles. The summed E-state index contributed by atoms with van der Waals surface area (Å²) in [7, 11) is 0. The Balaban J connectivity index is 1.81. The monoisotopic (exact) mass is 379 g/mol. The maximum absolute atomic E-state index is 13.1. The summed E-state index contributed by atoms with van der Waals surface area (Å²) in [5, 5.41) is 5.51. The van der Waals surface area contributed by atoms with Crippen LogP contribution in [0.1, 0.15) is 26.5 Å². The molecule has 1 aromatic carbocycles. The van der Waals surface area contributed by atoms with Gasteiger partial charge in [0.25, 0.3) is 5.91 Å². The molecule has 0 aliphatic rings. The second kappa shape index (κ2) is 7.12. The molecule has 3 rings (SSSR count). The second-order valence-corrected chi connectivity index (χ2v) is 6.27. The largest absolute Gasteiger partial charge is 0.431 e. The van der Waals surface area contributed by atoms with Crippen LogP contribution in [0.25, 0.3) is 10.9 Å². The van der Waals surface area contributed by atoms with Crippen LogP contribution in [0.3, 0.4) is 0 Å². The van der Waals surface area contributed by atoms with E-state index in [1.54, 1.807) is 35.8 Å². The van der Waals surface area contributed by atoms with Gasteiger partial charge >= 0.3 is 6.18 Å². The number of carbonyl (C=O) groups is 2. The number of hydrogen-bond acceptors (Lipinski definition) is 4. The summed E-state index contributed by atoms with van der Waals surface area (Å²) in [5.41, 5.74) is 1.18. The van der Waals surface area contributed by atoms with Crippen LogP contribution < -0.4 is 5.43 Å². The molecule has 3 aromatic rings. The number of aromatic nitrogens is 1. The van der Waals surface area contributed by atoms with E-state index in [0.717, 1.165) is 16.7 Å². The van der Waals surface area contributed by atoms with Gasteiger partial charge in [-0.25, -0.2) is 5.43 Å². The highest BCUT2D eigenvalue weighted by Crippen LogP contribution is 2.22. The van der Waals surface area contributed by atoms with Crippen molar-refractivity contribution in [2.75, 3.05) is 0 Å². The van der Waals surface area contributed by atoms with Gasteiger partial charge in [-0.15, -0.1) is 11.3 Å². The van der Waals surface area contributed by atoms with Crippen LogP contribution in [-0.2, 0) is 0 Å². The summed E-state index contributed by atoms with van der Waals surface area (Å²) in [4.78, 5) is 27.2. The molecule has 0 bridgehead atoms. The number of Topliss-reactive ketones (excluding diaryl/α,β-unsaturated/α-hetero) is 1. The van der Waals surface area contributed by atoms with Gasteiger partial charge in [0.15, 0.2) is 5.78 Å². The van der Waals surface area contributed by atoms with E-state index >= 15 is 0 Å². The lowest BCUT2D eigenvalue weighted by atomic mass is 10.1. The van der Waals surface area contributed by atoms with Gasteiger partial charge in [-0.2, -0.15) is 18.3 Å². The molecule has 2 aromatic heterocycles. The van der Waals surface area contributed by atoms with Crippen LogP contribution in [0, 0.1) is 0 Å². The average molecular weight is 379 g/mol. The number of H-pyrrole nitrogens is 1. The lowest BCUT2D eigenvalue weighted by Gasteiger charge is -2.10. The molecule has 2 N–H and O–H groups in total. The van der Waals surface area contributed by atoms with Gasteiger partial charge in [-0.1, -0.05) is 18.2 Å². The third kappa shape index (κ3) is 3.83. The number of halogens is 3.